The summed E-state index contributed by atoms with van der Waals surface area (Å²) in [7, 11) is 1.98. The van der Waals surface area contributed by atoms with Crippen molar-refractivity contribution in [3.05, 3.63) is 47.4 Å². The number of imidazole rings is 2. The number of nitrogens with zero attached hydrogens (tertiary/aromatic N) is 6. The van der Waals surface area contributed by atoms with Crippen LogP contribution in [0.15, 0.2) is 47.4 Å². The van der Waals surface area contributed by atoms with Gasteiger partial charge in [0.1, 0.15) is 6.33 Å². The molecule has 0 bridgehead atoms. The fraction of sp³-hybridized carbons (Fsp3) is 0.200. The Morgan fingerprint density at radius 2 is 2.00 bits per heavy atom. The van der Waals surface area contributed by atoms with E-state index in [1.165, 1.54) is 0 Å². The molecule has 144 valence electrons. The van der Waals surface area contributed by atoms with Crippen LogP contribution in [0.5, 0.6) is 0 Å². The Bertz CT molecular complexity index is 1330. The molecule has 29 heavy (non-hydrogen) atoms. The number of hydrogen-bond acceptors (Lipinski definition) is 7. The molecule has 1 aromatic carbocycles. The van der Waals surface area contributed by atoms with E-state index in [9.17, 15) is 0 Å². The fourth-order valence-corrected chi connectivity index (χ4v) is 4.05. The summed E-state index contributed by atoms with van der Waals surface area (Å²) in [6.45, 7) is 0. The molecular formula is C20H18N8S. The number of para-hydroxylation sites is 2. The van der Waals surface area contributed by atoms with Crippen LogP contribution in [0.3, 0.4) is 0 Å². The van der Waals surface area contributed by atoms with E-state index in [0.29, 0.717) is 17.9 Å². The van der Waals surface area contributed by atoms with E-state index in [1.54, 1.807) is 17.7 Å². The smallest absolute Gasteiger partial charge is 0.233 e. The molecule has 0 amide bonds. The third-order valence-electron chi connectivity index (χ3n) is 5.11. The van der Waals surface area contributed by atoms with Crippen LogP contribution in [0.2, 0.25) is 0 Å². The second kappa shape index (κ2) is 6.28. The molecule has 0 unspecified atom stereocenters. The van der Waals surface area contributed by atoms with E-state index in [2.05, 4.69) is 32.0 Å². The number of nitrogens with one attached hydrogen (secondary N) is 2. The summed E-state index contributed by atoms with van der Waals surface area (Å²) in [5, 5.41) is 10.9. The second-order valence-corrected chi connectivity index (χ2v) is 7.97. The Morgan fingerprint density at radius 3 is 2.79 bits per heavy atom. The van der Waals surface area contributed by atoms with Crippen molar-refractivity contribution in [2.24, 2.45) is 7.05 Å². The van der Waals surface area contributed by atoms with Gasteiger partial charge >= 0.3 is 0 Å². The van der Waals surface area contributed by atoms with Gasteiger partial charge in [0.05, 0.1) is 16.7 Å². The normalized spacial score (nSPS) is 14.0. The average molecular weight is 402 g/mol. The number of thiophene rings is 1. The average Bonchev–Trinajstić information content (AvgIpc) is 3.12. The molecule has 0 spiro atoms. The number of anilines is 3. The first-order valence-electron chi connectivity index (χ1n) is 9.49. The van der Waals surface area contributed by atoms with Gasteiger partial charge in [-0.2, -0.15) is 21.3 Å². The maximum atomic E-state index is 4.78. The van der Waals surface area contributed by atoms with Crippen molar-refractivity contribution in [1.82, 2.24) is 29.1 Å². The van der Waals surface area contributed by atoms with Gasteiger partial charge in [0.25, 0.3) is 0 Å². The Hall–Kier alpha value is -3.46. The van der Waals surface area contributed by atoms with Crippen molar-refractivity contribution in [3.63, 3.8) is 0 Å². The number of benzene rings is 1. The molecule has 1 fully saturated rings. The molecule has 4 heterocycles. The fourth-order valence-electron chi connectivity index (χ4n) is 3.42. The first kappa shape index (κ1) is 16.5. The molecular weight excluding hydrogens is 384 g/mol. The molecule has 5 aromatic rings. The van der Waals surface area contributed by atoms with Gasteiger partial charge in [0.2, 0.25) is 11.9 Å². The first-order chi connectivity index (χ1) is 14.3. The van der Waals surface area contributed by atoms with Gasteiger partial charge < -0.3 is 9.88 Å². The highest BCUT2D eigenvalue weighted by molar-refractivity contribution is 7.08. The highest BCUT2D eigenvalue weighted by atomic mass is 32.1. The standard InChI is InChI=1S/C20H18N8S/c1-27-15-5-3-2-4-14(15)23-20(27)26-19-24-17(22-12-6-7-12)16-18(25-19)28(11-21-16)13-8-9-29-10-13/h2-5,8-12H,6-7H2,1H3,(H2,22,23,24,25,26). The molecule has 0 radical (unpaired) electrons. The topological polar surface area (TPSA) is 85.5 Å². The molecule has 2 N–H and O–H groups in total. The molecule has 8 nitrogen and oxygen atoms in total. The van der Waals surface area contributed by atoms with Crippen molar-refractivity contribution in [2.45, 2.75) is 18.9 Å². The van der Waals surface area contributed by atoms with Crippen molar-refractivity contribution in [3.8, 4) is 5.69 Å². The predicted molar refractivity (Wildman–Crippen MR) is 115 cm³/mol. The number of aromatic nitrogens is 6. The number of aryl methyl sites for hydroxylation is 1. The summed E-state index contributed by atoms with van der Waals surface area (Å²) < 4.78 is 4.00. The van der Waals surface area contributed by atoms with Gasteiger partial charge in [-0.05, 0) is 36.4 Å². The summed E-state index contributed by atoms with van der Waals surface area (Å²) in [5.41, 5.74) is 4.57. The predicted octanol–water partition coefficient (Wildman–Crippen LogP) is 4.08. The highest BCUT2D eigenvalue weighted by Crippen LogP contribution is 2.30. The van der Waals surface area contributed by atoms with Crippen molar-refractivity contribution in [1.29, 1.82) is 0 Å². The monoisotopic (exact) mass is 402 g/mol. The molecule has 4 aromatic heterocycles. The lowest BCUT2D eigenvalue weighted by Gasteiger charge is -2.10. The largest absolute Gasteiger partial charge is 0.365 e. The summed E-state index contributed by atoms with van der Waals surface area (Å²) in [5.74, 6) is 1.95. The first-order valence-corrected chi connectivity index (χ1v) is 10.4. The Labute approximate surface area is 170 Å². The highest BCUT2D eigenvalue weighted by Gasteiger charge is 2.24. The maximum absolute atomic E-state index is 4.78. The Balaban J connectivity index is 1.48. The molecule has 9 heteroatoms. The van der Waals surface area contributed by atoms with Crippen LogP contribution in [0.25, 0.3) is 27.9 Å². The Kier molecular flexibility index (Phi) is 3.57. The summed E-state index contributed by atoms with van der Waals surface area (Å²) in [6.07, 6.45) is 4.12. The lowest BCUT2D eigenvalue weighted by Crippen LogP contribution is -2.09. The minimum atomic E-state index is 0.461. The number of hydrogen-bond donors (Lipinski definition) is 2. The lowest BCUT2D eigenvalue weighted by molar-refractivity contribution is 0.949. The Morgan fingerprint density at radius 1 is 1.10 bits per heavy atom. The SMILES string of the molecule is Cn1c(Nc2nc(NC3CC3)c3ncn(-c4ccsc4)c3n2)nc2ccccc21. The van der Waals surface area contributed by atoms with E-state index >= 15 is 0 Å². The van der Waals surface area contributed by atoms with Crippen molar-refractivity contribution < 1.29 is 0 Å². The van der Waals surface area contributed by atoms with Crippen LogP contribution in [-0.4, -0.2) is 35.1 Å². The second-order valence-electron chi connectivity index (χ2n) is 7.19. The van der Waals surface area contributed by atoms with E-state index in [-0.39, 0.29) is 0 Å². The minimum Gasteiger partial charge on any atom is -0.365 e. The zero-order valence-corrected chi connectivity index (χ0v) is 16.5. The third kappa shape index (κ3) is 2.82. The van der Waals surface area contributed by atoms with E-state index in [1.807, 2.05) is 45.8 Å². The molecule has 1 aliphatic rings. The summed E-state index contributed by atoms with van der Waals surface area (Å²) in [6, 6.07) is 10.6. The maximum Gasteiger partial charge on any atom is 0.233 e. The molecule has 0 aliphatic heterocycles. The molecule has 0 saturated heterocycles. The van der Waals surface area contributed by atoms with Gasteiger partial charge in [-0.15, -0.1) is 0 Å². The molecule has 6 rings (SSSR count). The quantitative estimate of drug-likeness (QED) is 0.461. The van der Waals surface area contributed by atoms with Crippen LogP contribution in [0.4, 0.5) is 17.7 Å². The van der Waals surface area contributed by atoms with Gasteiger partial charge in [0.15, 0.2) is 17.0 Å². The summed E-state index contributed by atoms with van der Waals surface area (Å²) >= 11 is 1.65. The van der Waals surface area contributed by atoms with Crippen molar-refractivity contribution in [2.75, 3.05) is 10.6 Å². The van der Waals surface area contributed by atoms with Crippen LogP contribution >= 0.6 is 11.3 Å². The van der Waals surface area contributed by atoms with Crippen LogP contribution in [0.1, 0.15) is 12.8 Å². The third-order valence-corrected chi connectivity index (χ3v) is 5.78. The zero-order valence-electron chi connectivity index (χ0n) is 15.7. The summed E-state index contributed by atoms with van der Waals surface area (Å²) in [4.78, 5) is 18.8. The molecule has 1 saturated carbocycles. The van der Waals surface area contributed by atoms with Crippen molar-refractivity contribution >= 4 is 51.2 Å². The van der Waals surface area contributed by atoms with E-state index < -0.39 is 0 Å². The lowest BCUT2D eigenvalue weighted by atomic mass is 10.3. The van der Waals surface area contributed by atoms with Crippen LogP contribution in [0, 0.1) is 0 Å². The molecule has 0 atom stereocenters. The number of rotatable bonds is 5. The van der Waals surface area contributed by atoms with Gasteiger partial charge in [0, 0.05) is 18.5 Å². The van der Waals surface area contributed by atoms with Gasteiger partial charge in [-0.3, -0.25) is 9.88 Å². The van der Waals surface area contributed by atoms with Gasteiger partial charge in [-0.25, -0.2) is 9.97 Å². The number of fused-ring (bicyclic) bond motifs is 2. The minimum absolute atomic E-state index is 0.461. The van der Waals surface area contributed by atoms with E-state index in [4.69, 9.17) is 9.97 Å². The van der Waals surface area contributed by atoms with Gasteiger partial charge in [-0.1, -0.05) is 12.1 Å². The zero-order chi connectivity index (χ0) is 19.4. The van der Waals surface area contributed by atoms with Crippen LogP contribution in [-0.2, 0) is 7.05 Å². The molecule has 1 aliphatic carbocycles. The van der Waals surface area contributed by atoms with E-state index in [0.717, 1.165) is 46.5 Å². The van der Waals surface area contributed by atoms with Crippen LogP contribution < -0.4 is 10.6 Å².